The van der Waals surface area contributed by atoms with Gasteiger partial charge in [0.1, 0.15) is 0 Å². The fraction of sp³-hybridized carbons (Fsp3) is 1.00. The third-order valence-corrected chi connectivity index (χ3v) is 8.36. The lowest BCUT2D eigenvalue weighted by Gasteiger charge is -2.60. The standard InChI is InChI=1S/C19H32/c1-18-11-5-7-16(18)15-9-8-14-6-3-4-12-19(14,2)17(15)10-13-18/h14-17H,3-13H2,1-2H3/t14?,15-,16?,17?,18?,19-/m0/s1. The van der Waals surface area contributed by atoms with E-state index in [9.17, 15) is 0 Å². The summed E-state index contributed by atoms with van der Waals surface area (Å²) in [5.74, 6) is 4.41. The summed E-state index contributed by atoms with van der Waals surface area (Å²) in [6.45, 7) is 5.33. The zero-order chi connectivity index (χ0) is 13.1. The third kappa shape index (κ3) is 1.70. The molecule has 4 unspecified atom stereocenters. The van der Waals surface area contributed by atoms with E-state index in [1.54, 1.807) is 51.4 Å². The summed E-state index contributed by atoms with van der Waals surface area (Å²) >= 11 is 0. The van der Waals surface area contributed by atoms with Crippen LogP contribution in [0.1, 0.15) is 84.5 Å². The highest BCUT2D eigenvalue weighted by molar-refractivity contribution is 5.06. The van der Waals surface area contributed by atoms with Crippen molar-refractivity contribution in [1.82, 2.24) is 0 Å². The monoisotopic (exact) mass is 260 g/mol. The van der Waals surface area contributed by atoms with Crippen LogP contribution in [0.5, 0.6) is 0 Å². The molecule has 0 saturated heterocycles. The molecule has 0 aromatic heterocycles. The van der Waals surface area contributed by atoms with Crippen molar-refractivity contribution in [3.8, 4) is 0 Å². The van der Waals surface area contributed by atoms with Gasteiger partial charge in [0.2, 0.25) is 0 Å². The van der Waals surface area contributed by atoms with Gasteiger partial charge in [-0.3, -0.25) is 0 Å². The minimum absolute atomic E-state index is 0.741. The normalized spacial score (nSPS) is 57.2. The lowest BCUT2D eigenvalue weighted by molar-refractivity contribution is -0.103. The summed E-state index contributed by atoms with van der Waals surface area (Å²) in [5, 5.41) is 0. The molecule has 0 spiro atoms. The Balaban J connectivity index is 1.64. The first kappa shape index (κ1) is 12.7. The van der Waals surface area contributed by atoms with Crippen LogP contribution < -0.4 is 0 Å². The minimum atomic E-state index is 0.741. The van der Waals surface area contributed by atoms with Crippen LogP contribution >= 0.6 is 0 Å². The van der Waals surface area contributed by atoms with E-state index < -0.39 is 0 Å². The molecular formula is C19H32. The maximum Gasteiger partial charge on any atom is -0.0266 e. The Bertz CT molecular complexity index is 359. The van der Waals surface area contributed by atoms with Crippen molar-refractivity contribution >= 4 is 0 Å². The molecule has 4 aliphatic carbocycles. The Labute approximate surface area is 119 Å². The summed E-state index contributed by atoms with van der Waals surface area (Å²) in [7, 11) is 0. The molecule has 6 atom stereocenters. The van der Waals surface area contributed by atoms with E-state index in [0.717, 1.165) is 34.5 Å². The smallest absolute Gasteiger partial charge is 0.0266 e. The Morgan fingerprint density at radius 2 is 1.58 bits per heavy atom. The maximum atomic E-state index is 2.70. The molecule has 0 radical (unpaired) electrons. The van der Waals surface area contributed by atoms with E-state index in [4.69, 9.17) is 0 Å². The maximum absolute atomic E-state index is 2.70. The average molecular weight is 260 g/mol. The van der Waals surface area contributed by atoms with Crippen molar-refractivity contribution in [3.05, 3.63) is 0 Å². The molecule has 4 saturated carbocycles. The SMILES string of the molecule is CC12CCCC1[C@@H]1CCC3CCCC[C@]3(C)C1CC2. The van der Waals surface area contributed by atoms with E-state index in [1.807, 2.05) is 0 Å². The van der Waals surface area contributed by atoms with E-state index in [1.165, 1.54) is 19.3 Å². The molecule has 0 amide bonds. The minimum Gasteiger partial charge on any atom is -0.0594 e. The summed E-state index contributed by atoms with van der Waals surface area (Å²) in [4.78, 5) is 0. The molecule has 0 aliphatic heterocycles. The second-order valence-electron chi connectivity index (χ2n) is 8.99. The lowest BCUT2D eigenvalue weighted by atomic mass is 9.45. The highest BCUT2D eigenvalue weighted by Gasteiger charge is 2.56. The molecule has 0 aromatic rings. The Morgan fingerprint density at radius 3 is 2.47 bits per heavy atom. The molecule has 0 aromatic carbocycles. The van der Waals surface area contributed by atoms with Crippen LogP contribution in [0, 0.1) is 34.5 Å². The highest BCUT2D eigenvalue weighted by Crippen LogP contribution is 2.66. The van der Waals surface area contributed by atoms with Gasteiger partial charge in [-0.2, -0.15) is 0 Å². The van der Waals surface area contributed by atoms with Crippen molar-refractivity contribution in [3.63, 3.8) is 0 Å². The fourth-order valence-electron chi connectivity index (χ4n) is 7.29. The van der Waals surface area contributed by atoms with Crippen LogP contribution in [0.3, 0.4) is 0 Å². The van der Waals surface area contributed by atoms with Crippen molar-refractivity contribution in [1.29, 1.82) is 0 Å². The Hall–Kier alpha value is 0. The molecule has 0 N–H and O–H groups in total. The highest BCUT2D eigenvalue weighted by atomic mass is 14.6. The number of hydrogen-bond donors (Lipinski definition) is 0. The lowest BCUT2D eigenvalue weighted by Crippen LogP contribution is -2.51. The van der Waals surface area contributed by atoms with Crippen molar-refractivity contribution in [2.75, 3.05) is 0 Å². The molecule has 0 bridgehead atoms. The summed E-state index contributed by atoms with van der Waals surface area (Å²) in [5.41, 5.74) is 1.49. The van der Waals surface area contributed by atoms with E-state index >= 15 is 0 Å². The number of rotatable bonds is 0. The van der Waals surface area contributed by atoms with Gasteiger partial charge in [0.15, 0.2) is 0 Å². The van der Waals surface area contributed by atoms with Crippen LogP contribution in [0.15, 0.2) is 0 Å². The van der Waals surface area contributed by atoms with Gasteiger partial charge >= 0.3 is 0 Å². The predicted molar refractivity (Wildman–Crippen MR) is 81.0 cm³/mol. The molecule has 0 nitrogen and oxygen atoms in total. The number of fused-ring (bicyclic) bond motifs is 5. The second kappa shape index (κ2) is 4.25. The molecule has 0 heterocycles. The zero-order valence-corrected chi connectivity index (χ0v) is 13.1. The number of hydrogen-bond acceptors (Lipinski definition) is 0. The Morgan fingerprint density at radius 1 is 0.684 bits per heavy atom. The van der Waals surface area contributed by atoms with Crippen molar-refractivity contribution in [2.24, 2.45) is 34.5 Å². The largest absolute Gasteiger partial charge is 0.0594 e. The van der Waals surface area contributed by atoms with Crippen LogP contribution in [-0.2, 0) is 0 Å². The zero-order valence-electron chi connectivity index (χ0n) is 13.1. The van der Waals surface area contributed by atoms with Gasteiger partial charge in [-0.1, -0.05) is 33.1 Å². The van der Waals surface area contributed by atoms with Gasteiger partial charge in [0, 0.05) is 0 Å². The molecule has 108 valence electrons. The second-order valence-corrected chi connectivity index (χ2v) is 8.99. The van der Waals surface area contributed by atoms with Crippen LogP contribution in [-0.4, -0.2) is 0 Å². The van der Waals surface area contributed by atoms with Gasteiger partial charge in [-0.25, -0.2) is 0 Å². The van der Waals surface area contributed by atoms with Gasteiger partial charge in [0.05, 0.1) is 0 Å². The molecule has 4 fully saturated rings. The fourth-order valence-corrected chi connectivity index (χ4v) is 7.29. The molecular weight excluding hydrogens is 228 g/mol. The van der Waals surface area contributed by atoms with Crippen molar-refractivity contribution in [2.45, 2.75) is 84.5 Å². The first-order valence-electron chi connectivity index (χ1n) is 9.13. The van der Waals surface area contributed by atoms with Gasteiger partial charge in [-0.05, 0) is 85.9 Å². The van der Waals surface area contributed by atoms with Crippen LogP contribution in [0.25, 0.3) is 0 Å². The molecule has 4 rings (SSSR count). The van der Waals surface area contributed by atoms with E-state index in [2.05, 4.69) is 13.8 Å². The topological polar surface area (TPSA) is 0 Å². The summed E-state index contributed by atoms with van der Waals surface area (Å²) in [6, 6.07) is 0. The van der Waals surface area contributed by atoms with E-state index in [0.29, 0.717) is 0 Å². The molecule has 4 aliphatic rings. The third-order valence-electron chi connectivity index (χ3n) is 8.36. The predicted octanol–water partition coefficient (Wildman–Crippen LogP) is 5.81. The summed E-state index contributed by atoms with van der Waals surface area (Å²) < 4.78 is 0. The summed E-state index contributed by atoms with van der Waals surface area (Å²) in [6.07, 6.45) is 17.1. The van der Waals surface area contributed by atoms with E-state index in [-0.39, 0.29) is 0 Å². The van der Waals surface area contributed by atoms with Crippen LogP contribution in [0.4, 0.5) is 0 Å². The average Bonchev–Trinajstić information content (AvgIpc) is 2.79. The van der Waals surface area contributed by atoms with Crippen molar-refractivity contribution < 1.29 is 0 Å². The molecule has 0 heteroatoms. The van der Waals surface area contributed by atoms with Gasteiger partial charge in [-0.15, -0.1) is 0 Å². The van der Waals surface area contributed by atoms with Gasteiger partial charge in [0.25, 0.3) is 0 Å². The first-order chi connectivity index (χ1) is 9.13. The molecule has 19 heavy (non-hydrogen) atoms. The Kier molecular flexibility index (Phi) is 2.84. The van der Waals surface area contributed by atoms with Gasteiger partial charge < -0.3 is 0 Å². The van der Waals surface area contributed by atoms with Crippen LogP contribution in [0.2, 0.25) is 0 Å². The first-order valence-corrected chi connectivity index (χ1v) is 9.13. The quantitative estimate of drug-likeness (QED) is 0.515.